The number of carboxylic acid groups (broad SMARTS) is 1. The summed E-state index contributed by atoms with van der Waals surface area (Å²) in [6.07, 6.45) is 12.2. The molecule has 1 N–H and O–H groups in total. The molecule has 1 aromatic heterocycles. The van der Waals surface area contributed by atoms with Gasteiger partial charge in [0, 0.05) is 11.6 Å². The average Bonchev–Trinajstić information content (AvgIpc) is 3.35. The van der Waals surface area contributed by atoms with Crippen molar-refractivity contribution in [2.45, 2.75) is 70.5 Å². The Morgan fingerprint density at radius 1 is 1.27 bits per heavy atom. The first-order chi connectivity index (χ1) is 12.5. The summed E-state index contributed by atoms with van der Waals surface area (Å²) in [5.74, 6) is 5.06. The molecule has 0 bridgehead atoms. The third kappa shape index (κ3) is 2.75. The van der Waals surface area contributed by atoms with Crippen LogP contribution < -0.4 is 0 Å². The lowest BCUT2D eigenvalue weighted by Crippen LogP contribution is -2.45. The minimum Gasteiger partial charge on any atom is -0.478 e. The molecule has 1 aliphatic heterocycles. The fraction of sp³-hybridized carbons (Fsp3) is 0.545. The number of epoxide rings is 1. The number of hydrogen-bond donors (Lipinski definition) is 1. The van der Waals surface area contributed by atoms with Gasteiger partial charge in [-0.15, -0.1) is 0 Å². The predicted octanol–water partition coefficient (Wildman–Crippen LogP) is 4.60. The van der Waals surface area contributed by atoms with Crippen molar-refractivity contribution in [1.82, 2.24) is 4.98 Å². The van der Waals surface area contributed by atoms with Crippen molar-refractivity contribution in [2.75, 3.05) is 0 Å². The zero-order valence-electron chi connectivity index (χ0n) is 15.8. The molecule has 3 rings (SSSR count). The molecule has 4 heteroatoms. The van der Waals surface area contributed by atoms with E-state index in [1.54, 1.807) is 6.07 Å². The second-order valence-corrected chi connectivity index (χ2v) is 7.37. The molecular weight excluding hydrogens is 326 g/mol. The highest BCUT2D eigenvalue weighted by Crippen LogP contribution is 2.69. The molecule has 2 unspecified atom stereocenters. The van der Waals surface area contributed by atoms with Crippen LogP contribution in [0.1, 0.15) is 75.3 Å². The van der Waals surface area contributed by atoms with E-state index in [4.69, 9.17) is 9.84 Å². The van der Waals surface area contributed by atoms with Crippen molar-refractivity contribution in [1.29, 1.82) is 0 Å². The molecule has 1 saturated carbocycles. The lowest BCUT2D eigenvalue weighted by atomic mass is 9.58. The van der Waals surface area contributed by atoms with Gasteiger partial charge in [0.15, 0.2) is 0 Å². The predicted molar refractivity (Wildman–Crippen MR) is 101 cm³/mol. The van der Waals surface area contributed by atoms with E-state index < -0.39 is 5.97 Å². The summed E-state index contributed by atoms with van der Waals surface area (Å²) in [6, 6.07) is 3.16. The molecule has 4 nitrogen and oxygen atoms in total. The van der Waals surface area contributed by atoms with Crippen LogP contribution in [0.3, 0.4) is 0 Å². The van der Waals surface area contributed by atoms with Crippen LogP contribution in [0.25, 0.3) is 0 Å². The van der Waals surface area contributed by atoms with Gasteiger partial charge in [-0.3, -0.25) is 0 Å². The normalized spacial score (nSPS) is 28.9. The van der Waals surface area contributed by atoms with E-state index in [9.17, 15) is 4.79 Å². The van der Waals surface area contributed by atoms with Crippen LogP contribution in [0.5, 0.6) is 0 Å². The average molecular weight is 353 g/mol. The first-order valence-corrected chi connectivity index (χ1v) is 9.57. The molecule has 26 heavy (non-hydrogen) atoms. The lowest BCUT2D eigenvalue weighted by molar-refractivity contribution is 0.0696. The number of aromatic nitrogens is 1. The van der Waals surface area contributed by atoms with Crippen LogP contribution >= 0.6 is 0 Å². The van der Waals surface area contributed by atoms with Crippen LogP contribution in [0.2, 0.25) is 0 Å². The van der Waals surface area contributed by atoms with E-state index in [-0.39, 0.29) is 22.2 Å². The van der Waals surface area contributed by atoms with Gasteiger partial charge < -0.3 is 9.84 Å². The Morgan fingerprint density at radius 3 is 2.62 bits per heavy atom. The first-order valence-electron chi connectivity index (χ1n) is 9.57. The summed E-state index contributed by atoms with van der Waals surface area (Å²) in [5.41, 5.74) is 0.724. The number of pyridine rings is 1. The number of fused-ring (bicyclic) bond motifs is 1. The maximum Gasteiger partial charge on any atom is 0.337 e. The molecule has 2 aliphatic rings. The summed E-state index contributed by atoms with van der Waals surface area (Å²) in [5, 5.41) is 8.91. The molecule has 0 radical (unpaired) electrons. The number of ether oxygens (including phenoxy) is 1. The topological polar surface area (TPSA) is 62.7 Å². The molecular formula is C22H27NO3. The monoisotopic (exact) mass is 353 g/mol. The Morgan fingerprint density at radius 2 is 2.04 bits per heavy atom. The highest BCUT2D eigenvalue weighted by atomic mass is 16.6. The van der Waals surface area contributed by atoms with Gasteiger partial charge in [-0.25, -0.2) is 9.78 Å². The third-order valence-corrected chi connectivity index (χ3v) is 6.55. The van der Waals surface area contributed by atoms with Crippen molar-refractivity contribution in [2.24, 2.45) is 5.41 Å². The largest absolute Gasteiger partial charge is 0.478 e. The number of hydrogen-bond acceptors (Lipinski definition) is 3. The van der Waals surface area contributed by atoms with Gasteiger partial charge in [-0.05, 0) is 68.7 Å². The van der Waals surface area contributed by atoms with E-state index in [2.05, 4.69) is 43.7 Å². The molecule has 2 heterocycles. The Bertz CT molecular complexity index is 767. The Kier molecular flexibility index (Phi) is 4.94. The Balaban J connectivity index is 1.82. The number of allylic oxidation sites excluding steroid dienone is 1. The fourth-order valence-corrected chi connectivity index (χ4v) is 4.88. The summed E-state index contributed by atoms with van der Waals surface area (Å²) < 4.78 is 6.46. The van der Waals surface area contributed by atoms with Crippen LogP contribution in [0.4, 0.5) is 0 Å². The quantitative estimate of drug-likeness (QED) is 0.621. The van der Waals surface area contributed by atoms with Gasteiger partial charge in [-0.2, -0.15) is 0 Å². The third-order valence-electron chi connectivity index (χ3n) is 6.55. The van der Waals surface area contributed by atoms with Crippen molar-refractivity contribution >= 4 is 5.97 Å². The highest BCUT2D eigenvalue weighted by molar-refractivity contribution is 5.87. The summed E-state index contributed by atoms with van der Waals surface area (Å²) in [7, 11) is 0. The minimum absolute atomic E-state index is 0.0170. The molecule has 138 valence electrons. The maximum absolute atomic E-state index is 10.9. The summed E-state index contributed by atoms with van der Waals surface area (Å²) >= 11 is 0. The number of aromatic carboxylic acids is 1. The first kappa shape index (κ1) is 18.7. The van der Waals surface area contributed by atoms with Crippen LogP contribution in [-0.4, -0.2) is 27.3 Å². The zero-order chi connectivity index (χ0) is 18.8. The lowest BCUT2D eigenvalue weighted by Gasteiger charge is -2.42. The van der Waals surface area contributed by atoms with Crippen molar-refractivity contribution in [3.05, 3.63) is 41.7 Å². The van der Waals surface area contributed by atoms with Crippen LogP contribution in [-0.2, 0) is 4.74 Å². The van der Waals surface area contributed by atoms with E-state index in [0.29, 0.717) is 5.69 Å². The molecule has 1 saturated heterocycles. The van der Waals surface area contributed by atoms with E-state index >= 15 is 0 Å². The molecule has 1 aliphatic carbocycles. The highest BCUT2D eigenvalue weighted by Gasteiger charge is 2.76. The van der Waals surface area contributed by atoms with E-state index in [0.717, 1.165) is 25.7 Å². The van der Waals surface area contributed by atoms with E-state index in [1.165, 1.54) is 25.1 Å². The molecule has 0 amide bonds. The Labute approximate surface area is 155 Å². The van der Waals surface area contributed by atoms with Crippen LogP contribution in [0, 0.1) is 17.3 Å². The van der Waals surface area contributed by atoms with Crippen molar-refractivity contribution in [3.63, 3.8) is 0 Å². The molecule has 2 atom stereocenters. The van der Waals surface area contributed by atoms with Crippen molar-refractivity contribution < 1.29 is 14.6 Å². The SMILES string of the molecule is CCC1(CC)CCCC2(CC)OC12/C=C/C#Cc1ccc(C(=O)O)cn1. The van der Waals surface area contributed by atoms with Gasteiger partial charge in [-0.1, -0.05) is 26.7 Å². The maximum atomic E-state index is 10.9. The van der Waals surface area contributed by atoms with Gasteiger partial charge in [0.05, 0.1) is 5.56 Å². The fourth-order valence-electron chi connectivity index (χ4n) is 4.88. The van der Waals surface area contributed by atoms with Gasteiger partial charge in [0.25, 0.3) is 0 Å². The standard InChI is InChI=1S/C22H27NO3/c1-4-20(5-2)13-9-14-21(6-3)22(20,26-21)15-8-7-10-18-12-11-17(16-23-18)19(24)25/h8,11-12,15-16H,4-6,9,13-14H2,1-3H3,(H,24,25)/b15-8+. The molecule has 1 aromatic rings. The number of rotatable bonds is 5. The number of nitrogens with zero attached hydrogens (tertiary/aromatic N) is 1. The van der Waals surface area contributed by atoms with E-state index in [1.807, 2.05) is 6.08 Å². The van der Waals surface area contributed by atoms with Gasteiger partial charge >= 0.3 is 5.97 Å². The Hall–Kier alpha value is -2.12. The summed E-state index contributed by atoms with van der Waals surface area (Å²) in [4.78, 5) is 14.9. The van der Waals surface area contributed by atoms with Crippen LogP contribution in [0.15, 0.2) is 30.5 Å². The van der Waals surface area contributed by atoms with Gasteiger partial charge in [0.1, 0.15) is 16.9 Å². The second kappa shape index (κ2) is 6.89. The molecule has 0 aromatic carbocycles. The zero-order valence-corrected chi connectivity index (χ0v) is 15.8. The summed E-state index contributed by atoms with van der Waals surface area (Å²) in [6.45, 7) is 6.76. The smallest absolute Gasteiger partial charge is 0.337 e. The molecule has 2 fully saturated rings. The minimum atomic E-state index is -0.981. The second-order valence-electron chi connectivity index (χ2n) is 7.37. The van der Waals surface area contributed by atoms with Crippen molar-refractivity contribution in [3.8, 4) is 11.8 Å². The van der Waals surface area contributed by atoms with Gasteiger partial charge in [0.2, 0.25) is 0 Å². The number of carbonyl (C=O) groups is 1. The molecule has 0 spiro atoms. The number of carboxylic acids is 1.